The largest absolute Gasteiger partial charge is 0.395 e. The Kier molecular flexibility index (Phi) is 4.81. The summed E-state index contributed by atoms with van der Waals surface area (Å²) in [5, 5.41) is 11.8. The minimum Gasteiger partial charge on any atom is -0.395 e. The smallest absolute Gasteiger partial charge is 0.252 e. The summed E-state index contributed by atoms with van der Waals surface area (Å²) in [6.07, 6.45) is 1.63. The highest BCUT2D eigenvalue weighted by Gasteiger charge is 2.32. The van der Waals surface area contributed by atoms with Crippen molar-refractivity contribution < 1.29 is 9.90 Å². The van der Waals surface area contributed by atoms with Crippen LogP contribution in [-0.2, 0) is 0 Å². The van der Waals surface area contributed by atoms with E-state index in [0.29, 0.717) is 17.9 Å². The predicted molar refractivity (Wildman–Crippen MR) is 79.4 cm³/mol. The molecule has 0 spiro atoms. The summed E-state index contributed by atoms with van der Waals surface area (Å²) in [5.41, 5.74) is 2.40. The normalized spacial score (nSPS) is 19.9. The lowest BCUT2D eigenvalue weighted by molar-refractivity contribution is 0.0951. The van der Waals surface area contributed by atoms with Gasteiger partial charge in [0.1, 0.15) is 0 Å². The summed E-state index contributed by atoms with van der Waals surface area (Å²) >= 11 is 0. The number of carbonyl (C=O) groups excluding carboxylic acids is 1. The number of rotatable bonds is 4. The summed E-state index contributed by atoms with van der Waals surface area (Å²) in [6.45, 7) is 4.96. The zero-order valence-electron chi connectivity index (χ0n) is 12.1. The van der Waals surface area contributed by atoms with E-state index in [9.17, 15) is 4.79 Å². The number of amides is 1. The number of hydrogen-bond donors (Lipinski definition) is 2. The van der Waals surface area contributed by atoms with E-state index in [1.165, 1.54) is 6.42 Å². The van der Waals surface area contributed by atoms with Crippen LogP contribution in [0.15, 0.2) is 18.2 Å². The molecule has 2 rings (SSSR count). The summed E-state index contributed by atoms with van der Waals surface area (Å²) in [4.78, 5) is 12.3. The molecule has 1 saturated carbocycles. The molecule has 1 aromatic rings. The molecule has 1 amide bonds. The topological polar surface area (TPSA) is 49.3 Å². The molecule has 0 bridgehead atoms. The minimum atomic E-state index is -0.0545. The van der Waals surface area contributed by atoms with Crippen molar-refractivity contribution in [2.75, 3.05) is 13.2 Å². The SMILES string of the molecule is Cc1ccc(C#CCCO)c(C(=O)NCC2CC2C)c1. The van der Waals surface area contributed by atoms with Gasteiger partial charge in [0.2, 0.25) is 0 Å². The molecule has 2 atom stereocenters. The Morgan fingerprint density at radius 1 is 1.50 bits per heavy atom. The van der Waals surface area contributed by atoms with Crippen molar-refractivity contribution in [2.24, 2.45) is 11.8 Å². The van der Waals surface area contributed by atoms with Crippen molar-refractivity contribution >= 4 is 5.91 Å². The van der Waals surface area contributed by atoms with E-state index >= 15 is 0 Å². The second-order valence-corrected chi connectivity index (χ2v) is 5.51. The molecule has 0 aliphatic heterocycles. The number of aliphatic hydroxyl groups is 1. The molecule has 1 aliphatic carbocycles. The lowest BCUT2D eigenvalue weighted by Gasteiger charge is -2.07. The Labute approximate surface area is 120 Å². The molecule has 106 valence electrons. The first-order chi connectivity index (χ1) is 9.61. The summed E-state index contributed by atoms with van der Waals surface area (Å²) in [7, 11) is 0. The van der Waals surface area contributed by atoms with Crippen molar-refractivity contribution in [1.29, 1.82) is 0 Å². The van der Waals surface area contributed by atoms with E-state index in [4.69, 9.17) is 5.11 Å². The summed E-state index contributed by atoms with van der Waals surface area (Å²) < 4.78 is 0. The maximum atomic E-state index is 12.3. The molecule has 3 heteroatoms. The average Bonchev–Trinajstić information content (AvgIpc) is 3.14. The number of aryl methyl sites for hydroxylation is 1. The first kappa shape index (κ1) is 14.6. The van der Waals surface area contributed by atoms with Crippen molar-refractivity contribution in [3.8, 4) is 11.8 Å². The number of carbonyl (C=O) groups is 1. The monoisotopic (exact) mass is 271 g/mol. The van der Waals surface area contributed by atoms with Gasteiger partial charge in [0, 0.05) is 18.5 Å². The first-order valence-corrected chi connectivity index (χ1v) is 7.10. The van der Waals surface area contributed by atoms with Crippen molar-refractivity contribution in [3.63, 3.8) is 0 Å². The van der Waals surface area contributed by atoms with Gasteiger partial charge in [0.25, 0.3) is 5.91 Å². The Bertz CT molecular complexity index is 554. The van der Waals surface area contributed by atoms with E-state index < -0.39 is 0 Å². The third-order valence-electron chi connectivity index (χ3n) is 3.68. The van der Waals surface area contributed by atoms with Crippen LogP contribution in [0.3, 0.4) is 0 Å². The average molecular weight is 271 g/mol. The molecule has 3 nitrogen and oxygen atoms in total. The minimum absolute atomic E-state index is 0.0416. The van der Waals surface area contributed by atoms with Crippen LogP contribution in [0.2, 0.25) is 0 Å². The molecule has 1 aliphatic rings. The maximum Gasteiger partial charge on any atom is 0.252 e. The second kappa shape index (κ2) is 6.58. The number of hydrogen-bond acceptors (Lipinski definition) is 2. The molecule has 0 radical (unpaired) electrons. The predicted octanol–water partition coefficient (Wildman–Crippen LogP) is 2.11. The van der Waals surface area contributed by atoms with Crippen molar-refractivity contribution in [2.45, 2.75) is 26.7 Å². The van der Waals surface area contributed by atoms with Crippen LogP contribution >= 0.6 is 0 Å². The molecule has 1 aromatic carbocycles. The van der Waals surface area contributed by atoms with Gasteiger partial charge in [-0.25, -0.2) is 0 Å². The molecule has 0 aromatic heterocycles. The lowest BCUT2D eigenvalue weighted by Crippen LogP contribution is -2.26. The van der Waals surface area contributed by atoms with Gasteiger partial charge < -0.3 is 10.4 Å². The van der Waals surface area contributed by atoms with E-state index in [-0.39, 0.29) is 12.5 Å². The summed E-state index contributed by atoms with van der Waals surface area (Å²) in [5.74, 6) is 7.14. The fourth-order valence-corrected chi connectivity index (χ4v) is 2.17. The van der Waals surface area contributed by atoms with E-state index in [1.54, 1.807) is 0 Å². The van der Waals surface area contributed by atoms with Crippen LogP contribution in [0.4, 0.5) is 0 Å². The van der Waals surface area contributed by atoms with Gasteiger partial charge >= 0.3 is 0 Å². The third-order valence-corrected chi connectivity index (χ3v) is 3.68. The third kappa shape index (κ3) is 3.85. The summed E-state index contributed by atoms with van der Waals surface area (Å²) in [6, 6.07) is 5.69. The molecule has 20 heavy (non-hydrogen) atoms. The van der Waals surface area contributed by atoms with Crippen molar-refractivity contribution in [3.05, 3.63) is 34.9 Å². The van der Waals surface area contributed by atoms with Gasteiger partial charge in [-0.3, -0.25) is 4.79 Å². The van der Waals surface area contributed by atoms with Crippen LogP contribution < -0.4 is 5.32 Å². The van der Waals surface area contributed by atoms with Gasteiger partial charge in [0.05, 0.1) is 12.2 Å². The van der Waals surface area contributed by atoms with E-state index in [2.05, 4.69) is 24.1 Å². The molecular weight excluding hydrogens is 250 g/mol. The molecule has 2 N–H and O–H groups in total. The fourth-order valence-electron chi connectivity index (χ4n) is 2.17. The Balaban J connectivity index is 2.09. The van der Waals surface area contributed by atoms with Gasteiger partial charge in [0.15, 0.2) is 0 Å². The first-order valence-electron chi connectivity index (χ1n) is 7.10. The molecule has 1 fully saturated rings. The molecule has 0 heterocycles. The van der Waals surface area contributed by atoms with Crippen LogP contribution in [0.1, 0.15) is 41.3 Å². The van der Waals surface area contributed by atoms with Gasteiger partial charge in [-0.1, -0.05) is 30.4 Å². The number of aliphatic hydroxyl groups excluding tert-OH is 1. The van der Waals surface area contributed by atoms with Crippen LogP contribution in [-0.4, -0.2) is 24.2 Å². The Hall–Kier alpha value is -1.79. The molecular formula is C17H21NO2. The van der Waals surface area contributed by atoms with Gasteiger partial charge in [-0.2, -0.15) is 0 Å². The fraction of sp³-hybridized carbons (Fsp3) is 0.471. The van der Waals surface area contributed by atoms with E-state index in [0.717, 1.165) is 23.6 Å². The standard InChI is InChI=1S/C17H21NO2/c1-12-6-7-14(5-3-4-8-19)16(9-12)17(20)18-11-15-10-13(15)2/h6-7,9,13,15,19H,4,8,10-11H2,1-2H3,(H,18,20). The van der Waals surface area contributed by atoms with Gasteiger partial charge in [-0.15, -0.1) is 0 Å². The second-order valence-electron chi connectivity index (χ2n) is 5.51. The Morgan fingerprint density at radius 2 is 2.25 bits per heavy atom. The zero-order chi connectivity index (χ0) is 14.5. The molecule has 2 unspecified atom stereocenters. The van der Waals surface area contributed by atoms with Crippen molar-refractivity contribution in [1.82, 2.24) is 5.32 Å². The highest BCUT2D eigenvalue weighted by atomic mass is 16.2. The van der Waals surface area contributed by atoms with E-state index in [1.807, 2.05) is 25.1 Å². The highest BCUT2D eigenvalue weighted by molar-refractivity contribution is 5.97. The lowest BCUT2D eigenvalue weighted by atomic mass is 10.0. The molecule has 0 saturated heterocycles. The van der Waals surface area contributed by atoms with Crippen LogP contribution in [0, 0.1) is 30.6 Å². The number of benzene rings is 1. The van der Waals surface area contributed by atoms with Gasteiger partial charge in [-0.05, 0) is 37.3 Å². The van der Waals surface area contributed by atoms with Crippen LogP contribution in [0.5, 0.6) is 0 Å². The maximum absolute atomic E-state index is 12.3. The quantitative estimate of drug-likeness (QED) is 0.824. The van der Waals surface area contributed by atoms with Crippen LogP contribution in [0.25, 0.3) is 0 Å². The number of nitrogens with one attached hydrogen (secondary N) is 1. The Morgan fingerprint density at radius 3 is 2.90 bits per heavy atom. The highest BCUT2D eigenvalue weighted by Crippen LogP contribution is 2.36. The zero-order valence-corrected chi connectivity index (χ0v) is 12.1.